The third-order valence-electron chi connectivity index (χ3n) is 6.32. The van der Waals surface area contributed by atoms with Crippen LogP contribution in [-0.4, -0.2) is 33.3 Å². The summed E-state index contributed by atoms with van der Waals surface area (Å²) < 4.78 is 15.0. The summed E-state index contributed by atoms with van der Waals surface area (Å²) in [4.78, 5) is 16.4. The number of aliphatic hydroxyl groups is 1. The van der Waals surface area contributed by atoms with E-state index in [2.05, 4.69) is 26.3 Å². The Hall–Kier alpha value is -3.72. The van der Waals surface area contributed by atoms with Crippen molar-refractivity contribution in [2.75, 3.05) is 11.9 Å². The molecule has 186 valence electrons. The lowest BCUT2D eigenvalue weighted by molar-refractivity contribution is -0.252. The maximum Gasteiger partial charge on any atom is 0.319 e. The fraction of sp³-hybridized carbons (Fsp3) is 0.286. The molecule has 0 radical (unpaired) electrons. The minimum Gasteiger partial charge on any atom is -0.392 e. The Bertz CT molecular complexity index is 1300. The lowest BCUT2D eigenvalue weighted by Gasteiger charge is -2.36. The molecule has 8 nitrogen and oxygen atoms in total. The van der Waals surface area contributed by atoms with E-state index in [-0.39, 0.29) is 24.8 Å². The molecule has 4 aromatic rings. The highest BCUT2D eigenvalue weighted by Crippen LogP contribution is 2.38. The topological polar surface area (TPSA) is 97.6 Å². The number of hydrogen-bond donors (Lipinski definition) is 3. The molecular weight excluding hydrogens is 456 g/mol. The predicted molar refractivity (Wildman–Crippen MR) is 137 cm³/mol. The number of imidazole rings is 1. The van der Waals surface area contributed by atoms with Crippen LogP contribution in [0.1, 0.15) is 42.4 Å². The van der Waals surface area contributed by atoms with Crippen LogP contribution in [0.25, 0.3) is 11.0 Å². The van der Waals surface area contributed by atoms with Crippen molar-refractivity contribution in [3.8, 4) is 0 Å². The molecule has 36 heavy (non-hydrogen) atoms. The number of urea groups is 1. The van der Waals surface area contributed by atoms with E-state index in [4.69, 9.17) is 9.47 Å². The van der Waals surface area contributed by atoms with E-state index in [0.717, 1.165) is 27.7 Å². The van der Waals surface area contributed by atoms with E-state index in [1.165, 1.54) is 0 Å². The molecule has 0 aliphatic carbocycles. The number of carbonyl (C=O) groups excluding carboxylic acids is 1. The smallest absolute Gasteiger partial charge is 0.319 e. The molecule has 3 aromatic carbocycles. The van der Waals surface area contributed by atoms with Crippen LogP contribution in [0.3, 0.4) is 0 Å². The van der Waals surface area contributed by atoms with Gasteiger partial charge in [0.1, 0.15) is 0 Å². The van der Waals surface area contributed by atoms with Crippen molar-refractivity contribution in [2.45, 2.75) is 45.0 Å². The van der Waals surface area contributed by atoms with E-state index >= 15 is 0 Å². The molecule has 1 saturated heterocycles. The van der Waals surface area contributed by atoms with Gasteiger partial charge in [-0.05, 0) is 42.3 Å². The average molecular weight is 487 g/mol. The first-order valence-electron chi connectivity index (χ1n) is 12.2. The van der Waals surface area contributed by atoms with Crippen LogP contribution in [0.4, 0.5) is 10.5 Å². The van der Waals surface area contributed by atoms with Crippen LogP contribution in [0.5, 0.6) is 0 Å². The van der Waals surface area contributed by atoms with Crippen molar-refractivity contribution in [2.24, 2.45) is 0 Å². The molecule has 5 rings (SSSR count). The highest BCUT2D eigenvalue weighted by molar-refractivity contribution is 5.89. The number of nitrogens with zero attached hydrogens (tertiary/aromatic N) is 2. The third-order valence-corrected chi connectivity index (χ3v) is 6.32. The molecule has 1 aliphatic heterocycles. The SMILES string of the molecule is CCNC(=O)Nc1ccc([C@H]2O[C@@H](Cn3cnc4ccccc43)C[C@@H](c3ccc(CO)cc3)O2)cc1. The molecule has 2 amide bonds. The van der Waals surface area contributed by atoms with Gasteiger partial charge in [0.25, 0.3) is 0 Å². The van der Waals surface area contributed by atoms with Gasteiger partial charge in [-0.15, -0.1) is 0 Å². The van der Waals surface area contributed by atoms with Crippen molar-refractivity contribution < 1.29 is 19.4 Å². The molecule has 2 heterocycles. The highest BCUT2D eigenvalue weighted by atomic mass is 16.7. The van der Waals surface area contributed by atoms with E-state index in [0.29, 0.717) is 25.2 Å². The second-order valence-electron chi connectivity index (χ2n) is 8.84. The molecular formula is C28H30N4O4. The monoisotopic (exact) mass is 486 g/mol. The van der Waals surface area contributed by atoms with E-state index in [9.17, 15) is 9.90 Å². The second kappa shape index (κ2) is 10.9. The van der Waals surface area contributed by atoms with Crippen LogP contribution in [0, 0.1) is 0 Å². The summed E-state index contributed by atoms with van der Waals surface area (Å²) in [6.45, 7) is 3.08. The molecule has 0 unspecified atom stereocenters. The number of para-hydroxylation sites is 2. The minimum absolute atomic E-state index is 0.00450. The van der Waals surface area contributed by atoms with Crippen molar-refractivity contribution in [3.05, 3.63) is 95.8 Å². The number of nitrogens with one attached hydrogen (secondary N) is 2. The summed E-state index contributed by atoms with van der Waals surface area (Å²) in [6.07, 6.45) is 1.67. The van der Waals surface area contributed by atoms with Crippen LogP contribution in [-0.2, 0) is 22.6 Å². The molecule has 8 heteroatoms. The Morgan fingerprint density at radius 1 is 1.03 bits per heavy atom. The van der Waals surface area contributed by atoms with Crippen molar-refractivity contribution in [3.63, 3.8) is 0 Å². The maximum absolute atomic E-state index is 11.8. The normalized spacial score (nSPS) is 19.8. The molecule has 3 N–H and O–H groups in total. The van der Waals surface area contributed by atoms with Crippen LogP contribution >= 0.6 is 0 Å². The van der Waals surface area contributed by atoms with Crippen LogP contribution in [0.2, 0.25) is 0 Å². The summed E-state index contributed by atoms with van der Waals surface area (Å²) in [6, 6.07) is 23.2. The van der Waals surface area contributed by atoms with Crippen molar-refractivity contribution >= 4 is 22.8 Å². The van der Waals surface area contributed by atoms with Gasteiger partial charge >= 0.3 is 6.03 Å². The molecule has 0 bridgehead atoms. The number of amides is 2. The third kappa shape index (κ3) is 5.41. The number of carbonyl (C=O) groups is 1. The quantitative estimate of drug-likeness (QED) is 0.345. The lowest BCUT2D eigenvalue weighted by atomic mass is 10.00. The molecule has 0 saturated carbocycles. The van der Waals surface area contributed by atoms with Crippen LogP contribution in [0.15, 0.2) is 79.1 Å². The molecule has 3 atom stereocenters. The molecule has 0 spiro atoms. The first-order valence-corrected chi connectivity index (χ1v) is 12.2. The Kier molecular flexibility index (Phi) is 7.27. The zero-order valence-electron chi connectivity index (χ0n) is 20.1. The van der Waals surface area contributed by atoms with Gasteiger partial charge in [-0.3, -0.25) is 0 Å². The Labute approximate surface area is 209 Å². The molecule has 1 aliphatic rings. The Balaban J connectivity index is 1.38. The summed E-state index contributed by atoms with van der Waals surface area (Å²) in [5.41, 5.74) is 5.47. The number of aromatic nitrogens is 2. The zero-order valence-corrected chi connectivity index (χ0v) is 20.1. The number of rotatable bonds is 7. The van der Waals surface area contributed by atoms with Gasteiger partial charge in [-0.2, -0.15) is 0 Å². The zero-order chi connectivity index (χ0) is 24.9. The minimum atomic E-state index is -0.570. The summed E-state index contributed by atoms with van der Waals surface area (Å²) >= 11 is 0. The van der Waals surface area contributed by atoms with Crippen molar-refractivity contribution in [1.82, 2.24) is 14.9 Å². The lowest BCUT2D eigenvalue weighted by Crippen LogP contribution is -2.32. The maximum atomic E-state index is 11.8. The number of benzene rings is 3. The summed E-state index contributed by atoms with van der Waals surface area (Å²) in [5, 5.41) is 15.0. The van der Waals surface area contributed by atoms with E-state index in [1.807, 2.05) is 80.0 Å². The largest absolute Gasteiger partial charge is 0.392 e. The number of hydrogen-bond acceptors (Lipinski definition) is 5. The fourth-order valence-corrected chi connectivity index (χ4v) is 4.47. The number of fused-ring (bicyclic) bond motifs is 1. The van der Waals surface area contributed by atoms with Crippen molar-refractivity contribution in [1.29, 1.82) is 0 Å². The number of anilines is 1. The number of ether oxygens (including phenoxy) is 2. The van der Waals surface area contributed by atoms with Gasteiger partial charge in [-0.25, -0.2) is 9.78 Å². The average Bonchev–Trinajstić information content (AvgIpc) is 3.32. The van der Waals surface area contributed by atoms with Gasteiger partial charge in [0, 0.05) is 24.2 Å². The van der Waals surface area contributed by atoms with Gasteiger partial charge in [0.2, 0.25) is 0 Å². The van der Waals surface area contributed by atoms with E-state index in [1.54, 1.807) is 0 Å². The molecule has 1 aromatic heterocycles. The van der Waals surface area contributed by atoms with Gasteiger partial charge in [0.15, 0.2) is 6.29 Å². The summed E-state index contributed by atoms with van der Waals surface area (Å²) in [5.74, 6) is 0. The standard InChI is InChI=1S/C28H30N4O4/c1-2-29-28(34)31-22-13-11-21(12-14-22)27-35-23(16-32-18-30-24-5-3-4-6-25(24)32)15-26(36-27)20-9-7-19(17-33)8-10-20/h3-14,18,23,26-27,33H,2,15-17H2,1H3,(H2,29,31,34)/t23-,26+,27+/m1/s1. The van der Waals surface area contributed by atoms with Gasteiger partial charge in [-0.1, -0.05) is 48.5 Å². The van der Waals surface area contributed by atoms with Gasteiger partial charge < -0.3 is 29.8 Å². The fourth-order valence-electron chi connectivity index (χ4n) is 4.47. The second-order valence-corrected chi connectivity index (χ2v) is 8.84. The molecule has 1 fully saturated rings. The van der Waals surface area contributed by atoms with E-state index < -0.39 is 6.29 Å². The predicted octanol–water partition coefficient (Wildman–Crippen LogP) is 4.92. The van der Waals surface area contributed by atoms with Crippen LogP contribution < -0.4 is 10.6 Å². The summed E-state index contributed by atoms with van der Waals surface area (Å²) in [7, 11) is 0. The Morgan fingerprint density at radius 3 is 2.53 bits per heavy atom. The number of aliphatic hydroxyl groups excluding tert-OH is 1. The first-order chi connectivity index (χ1) is 17.6. The van der Waals surface area contributed by atoms with Gasteiger partial charge in [0.05, 0.1) is 42.7 Å². The highest BCUT2D eigenvalue weighted by Gasteiger charge is 2.32. The first kappa shape index (κ1) is 24.0. The Morgan fingerprint density at radius 2 is 1.78 bits per heavy atom.